The molecule has 0 aromatic carbocycles. The van der Waals surface area contributed by atoms with Crippen LogP contribution in [0.4, 0.5) is 0 Å². The first-order valence-electron chi connectivity index (χ1n) is 6.22. The molecule has 1 aliphatic heterocycles. The van der Waals surface area contributed by atoms with Gasteiger partial charge in [-0.15, -0.1) is 0 Å². The molecule has 0 saturated carbocycles. The van der Waals surface area contributed by atoms with Gasteiger partial charge >= 0.3 is 11.9 Å². The third-order valence-corrected chi connectivity index (χ3v) is 2.53. The van der Waals surface area contributed by atoms with Crippen molar-refractivity contribution in [2.75, 3.05) is 13.2 Å². The number of hydrogen-bond acceptors (Lipinski definition) is 5. The van der Waals surface area contributed by atoms with E-state index in [1.807, 2.05) is 0 Å². The predicted molar refractivity (Wildman–Crippen MR) is 62.0 cm³/mol. The fraction of sp³-hybridized carbons (Fsp3) is 0.833. The van der Waals surface area contributed by atoms with Crippen molar-refractivity contribution in [3.8, 4) is 0 Å². The lowest BCUT2D eigenvalue weighted by molar-refractivity contribution is -0.183. The highest BCUT2D eigenvalue weighted by Gasteiger charge is 2.17. The lowest BCUT2D eigenvalue weighted by Gasteiger charge is -2.24. The van der Waals surface area contributed by atoms with Gasteiger partial charge in [0.25, 0.3) is 0 Å². The summed E-state index contributed by atoms with van der Waals surface area (Å²) in [6.45, 7) is 2.68. The van der Waals surface area contributed by atoms with Crippen LogP contribution in [-0.2, 0) is 23.8 Å². The Morgan fingerprint density at radius 3 is 2.78 bits per heavy atom. The molecule has 2 atom stereocenters. The van der Waals surface area contributed by atoms with Gasteiger partial charge in [-0.1, -0.05) is 0 Å². The van der Waals surface area contributed by atoms with Gasteiger partial charge < -0.3 is 19.3 Å². The number of aliphatic carboxylic acids is 1. The summed E-state index contributed by atoms with van der Waals surface area (Å²) in [5, 5.41) is 8.42. The molecule has 0 spiro atoms. The van der Waals surface area contributed by atoms with Crippen LogP contribution in [0.3, 0.4) is 0 Å². The van der Waals surface area contributed by atoms with Crippen LogP contribution in [0.25, 0.3) is 0 Å². The summed E-state index contributed by atoms with van der Waals surface area (Å²) in [4.78, 5) is 21.5. The van der Waals surface area contributed by atoms with Crippen LogP contribution in [0.2, 0.25) is 0 Å². The summed E-state index contributed by atoms with van der Waals surface area (Å²) in [5.41, 5.74) is 0. The Morgan fingerprint density at radius 1 is 1.39 bits per heavy atom. The van der Waals surface area contributed by atoms with Crippen LogP contribution in [0, 0.1) is 0 Å². The SMILES string of the molecule is C[C@H](COC1CCCCO1)OC(=O)CCC(=O)O. The Labute approximate surface area is 106 Å². The van der Waals surface area contributed by atoms with Crippen LogP contribution >= 0.6 is 0 Å². The molecule has 0 amide bonds. The molecular formula is C12H20O6. The van der Waals surface area contributed by atoms with E-state index in [0.717, 1.165) is 19.3 Å². The van der Waals surface area contributed by atoms with Gasteiger partial charge in [0.2, 0.25) is 0 Å². The van der Waals surface area contributed by atoms with Gasteiger partial charge in [0.1, 0.15) is 6.10 Å². The van der Waals surface area contributed by atoms with Gasteiger partial charge in [-0.05, 0) is 26.2 Å². The fourth-order valence-corrected chi connectivity index (χ4v) is 1.61. The molecule has 0 radical (unpaired) electrons. The molecule has 1 rings (SSSR count). The Balaban J connectivity index is 2.10. The molecule has 18 heavy (non-hydrogen) atoms. The Bertz CT molecular complexity index is 272. The molecule has 1 aliphatic rings. The van der Waals surface area contributed by atoms with Gasteiger partial charge in [-0.3, -0.25) is 9.59 Å². The zero-order chi connectivity index (χ0) is 13.4. The van der Waals surface area contributed by atoms with E-state index in [1.54, 1.807) is 6.92 Å². The van der Waals surface area contributed by atoms with Crippen molar-refractivity contribution in [3.63, 3.8) is 0 Å². The molecule has 104 valence electrons. The second-order valence-corrected chi connectivity index (χ2v) is 4.32. The van der Waals surface area contributed by atoms with Gasteiger partial charge in [-0.25, -0.2) is 0 Å². The maximum atomic E-state index is 11.2. The van der Waals surface area contributed by atoms with E-state index in [4.69, 9.17) is 19.3 Å². The van der Waals surface area contributed by atoms with E-state index >= 15 is 0 Å². The lowest BCUT2D eigenvalue weighted by atomic mass is 10.2. The topological polar surface area (TPSA) is 82.1 Å². The highest BCUT2D eigenvalue weighted by atomic mass is 16.7. The van der Waals surface area contributed by atoms with Gasteiger partial charge in [0.05, 0.1) is 19.4 Å². The summed E-state index contributed by atoms with van der Waals surface area (Å²) in [7, 11) is 0. The molecule has 0 bridgehead atoms. The number of carbonyl (C=O) groups is 2. The molecule has 1 saturated heterocycles. The Hall–Kier alpha value is -1.14. The number of carbonyl (C=O) groups excluding carboxylic acids is 1. The first-order valence-corrected chi connectivity index (χ1v) is 6.22. The first-order chi connectivity index (χ1) is 8.58. The predicted octanol–water partition coefficient (Wildman–Crippen LogP) is 1.33. The second kappa shape index (κ2) is 8.05. The maximum absolute atomic E-state index is 11.2. The summed E-state index contributed by atoms with van der Waals surface area (Å²) in [6, 6.07) is 0. The maximum Gasteiger partial charge on any atom is 0.306 e. The molecule has 1 heterocycles. The number of rotatable bonds is 7. The average Bonchev–Trinajstić information content (AvgIpc) is 2.35. The zero-order valence-electron chi connectivity index (χ0n) is 10.6. The number of carboxylic acid groups (broad SMARTS) is 1. The van der Waals surface area contributed by atoms with Crippen LogP contribution in [0.15, 0.2) is 0 Å². The van der Waals surface area contributed by atoms with E-state index in [2.05, 4.69) is 0 Å². The van der Waals surface area contributed by atoms with E-state index < -0.39 is 18.0 Å². The average molecular weight is 260 g/mol. The summed E-state index contributed by atoms with van der Waals surface area (Å²) >= 11 is 0. The molecule has 1 N–H and O–H groups in total. The molecule has 6 heteroatoms. The van der Waals surface area contributed by atoms with Crippen LogP contribution in [0.1, 0.15) is 39.0 Å². The zero-order valence-corrected chi connectivity index (χ0v) is 10.6. The lowest BCUT2D eigenvalue weighted by Crippen LogP contribution is -2.28. The summed E-state index contributed by atoms with van der Waals surface area (Å²) in [6.07, 6.45) is 2.07. The molecule has 1 fully saturated rings. The monoisotopic (exact) mass is 260 g/mol. The second-order valence-electron chi connectivity index (χ2n) is 4.32. The minimum Gasteiger partial charge on any atom is -0.481 e. The van der Waals surface area contributed by atoms with E-state index in [-0.39, 0.29) is 25.7 Å². The van der Waals surface area contributed by atoms with Crippen molar-refractivity contribution in [3.05, 3.63) is 0 Å². The highest BCUT2D eigenvalue weighted by molar-refractivity contribution is 5.76. The number of esters is 1. The van der Waals surface area contributed by atoms with E-state index in [9.17, 15) is 9.59 Å². The largest absolute Gasteiger partial charge is 0.481 e. The van der Waals surface area contributed by atoms with Gasteiger partial charge in [0.15, 0.2) is 6.29 Å². The summed E-state index contributed by atoms with van der Waals surface area (Å²) < 4.78 is 15.8. The minimum absolute atomic E-state index is 0.112. The van der Waals surface area contributed by atoms with Crippen LogP contribution in [-0.4, -0.2) is 42.7 Å². The Kier molecular flexibility index (Phi) is 6.67. The van der Waals surface area contributed by atoms with Crippen molar-refractivity contribution >= 4 is 11.9 Å². The number of hydrogen-bond donors (Lipinski definition) is 1. The van der Waals surface area contributed by atoms with Crippen molar-refractivity contribution in [1.29, 1.82) is 0 Å². The standard InChI is InChI=1S/C12H20O6/c1-9(18-11(15)6-5-10(13)14)8-17-12-4-2-3-7-16-12/h9,12H,2-8H2,1H3,(H,13,14)/t9-,12?/m1/s1. The third-order valence-electron chi connectivity index (χ3n) is 2.53. The minimum atomic E-state index is -1.01. The summed E-state index contributed by atoms with van der Waals surface area (Å²) in [5.74, 6) is -1.52. The molecule has 0 aromatic heterocycles. The molecular weight excluding hydrogens is 240 g/mol. The van der Waals surface area contributed by atoms with Crippen molar-refractivity contribution in [2.24, 2.45) is 0 Å². The molecule has 1 unspecified atom stereocenters. The van der Waals surface area contributed by atoms with Gasteiger partial charge in [-0.2, -0.15) is 0 Å². The smallest absolute Gasteiger partial charge is 0.306 e. The van der Waals surface area contributed by atoms with Crippen molar-refractivity contribution in [2.45, 2.75) is 51.4 Å². The third kappa shape index (κ3) is 6.56. The van der Waals surface area contributed by atoms with Crippen molar-refractivity contribution in [1.82, 2.24) is 0 Å². The molecule has 0 aromatic rings. The highest BCUT2D eigenvalue weighted by Crippen LogP contribution is 2.14. The molecule has 0 aliphatic carbocycles. The Morgan fingerprint density at radius 2 is 2.17 bits per heavy atom. The van der Waals surface area contributed by atoms with Gasteiger partial charge in [0, 0.05) is 6.61 Å². The van der Waals surface area contributed by atoms with Crippen LogP contribution < -0.4 is 0 Å². The normalized spacial score (nSPS) is 21.3. The quantitative estimate of drug-likeness (QED) is 0.695. The number of ether oxygens (including phenoxy) is 3. The fourth-order valence-electron chi connectivity index (χ4n) is 1.61. The number of carboxylic acids is 1. The van der Waals surface area contributed by atoms with E-state index in [1.165, 1.54) is 0 Å². The molecule has 6 nitrogen and oxygen atoms in total. The van der Waals surface area contributed by atoms with E-state index in [0.29, 0.717) is 6.61 Å². The van der Waals surface area contributed by atoms with Crippen LogP contribution in [0.5, 0.6) is 0 Å². The van der Waals surface area contributed by atoms with Crippen molar-refractivity contribution < 1.29 is 28.9 Å². The first kappa shape index (κ1) is 14.9.